The zero-order valence-electron chi connectivity index (χ0n) is 12.9. The van der Waals surface area contributed by atoms with Gasteiger partial charge in [0.2, 0.25) is 6.79 Å². The Morgan fingerprint density at radius 1 is 1.12 bits per heavy atom. The minimum Gasteiger partial charge on any atom is -0.454 e. The van der Waals surface area contributed by atoms with Crippen LogP contribution in [0.5, 0.6) is 11.5 Å². The fourth-order valence-electron chi connectivity index (χ4n) is 2.60. The van der Waals surface area contributed by atoms with E-state index in [2.05, 4.69) is 20.9 Å². The van der Waals surface area contributed by atoms with Gasteiger partial charge in [-0.15, -0.1) is 0 Å². The van der Waals surface area contributed by atoms with Crippen LogP contribution >= 0.6 is 15.9 Å². The predicted octanol–water partition coefficient (Wildman–Crippen LogP) is 3.70. The van der Waals surface area contributed by atoms with Crippen molar-refractivity contribution in [2.24, 2.45) is 0 Å². The first-order valence-electron chi connectivity index (χ1n) is 7.49. The van der Waals surface area contributed by atoms with Gasteiger partial charge in [-0.3, -0.25) is 4.79 Å². The molecule has 0 spiro atoms. The van der Waals surface area contributed by atoms with Gasteiger partial charge < -0.3 is 19.2 Å². The number of hydrogen-bond acceptors (Lipinski definition) is 5. The summed E-state index contributed by atoms with van der Waals surface area (Å²) in [7, 11) is 0. The highest BCUT2D eigenvalue weighted by molar-refractivity contribution is 9.10. The number of aromatic nitrogens is 1. The van der Waals surface area contributed by atoms with Crippen LogP contribution in [0.15, 0.2) is 46.9 Å². The summed E-state index contributed by atoms with van der Waals surface area (Å²) in [5.41, 5.74) is 1.48. The van der Waals surface area contributed by atoms with Crippen LogP contribution in [-0.4, -0.2) is 30.1 Å². The highest BCUT2D eigenvalue weighted by atomic mass is 79.9. The van der Waals surface area contributed by atoms with E-state index in [0.29, 0.717) is 21.5 Å². The second-order valence-corrected chi connectivity index (χ2v) is 6.22. The maximum atomic E-state index is 12.3. The lowest BCUT2D eigenvalue weighted by molar-refractivity contribution is 0.0469. The van der Waals surface area contributed by atoms with Crippen molar-refractivity contribution in [3.8, 4) is 11.5 Å². The molecule has 1 aromatic heterocycles. The molecule has 2 heterocycles. The molecule has 0 unspecified atom stereocenters. The first-order chi connectivity index (χ1) is 12.1. The number of carbonyl (C=O) groups excluding carboxylic acids is 2. The zero-order chi connectivity index (χ0) is 17.4. The number of esters is 1. The van der Waals surface area contributed by atoms with Crippen LogP contribution in [0.1, 0.15) is 20.8 Å². The van der Waals surface area contributed by atoms with Gasteiger partial charge in [0.05, 0.1) is 4.47 Å². The molecule has 25 heavy (non-hydrogen) atoms. The summed E-state index contributed by atoms with van der Waals surface area (Å²) in [6.07, 6.45) is 0. The number of aromatic amines is 1. The Kier molecular flexibility index (Phi) is 3.93. The Morgan fingerprint density at radius 3 is 2.76 bits per heavy atom. The van der Waals surface area contributed by atoms with Crippen molar-refractivity contribution < 1.29 is 23.8 Å². The lowest BCUT2D eigenvalue weighted by atomic mass is 10.1. The lowest BCUT2D eigenvalue weighted by Crippen LogP contribution is -2.14. The Bertz CT molecular complexity index is 994. The second-order valence-electron chi connectivity index (χ2n) is 5.43. The summed E-state index contributed by atoms with van der Waals surface area (Å²) in [6, 6.07) is 12.3. The number of hydrogen-bond donors (Lipinski definition) is 1. The third kappa shape index (κ3) is 2.87. The van der Waals surface area contributed by atoms with Gasteiger partial charge in [0.15, 0.2) is 23.9 Å². The van der Waals surface area contributed by atoms with Crippen LogP contribution in [0.2, 0.25) is 0 Å². The molecule has 0 atom stereocenters. The van der Waals surface area contributed by atoms with Crippen LogP contribution in [0, 0.1) is 0 Å². The second kappa shape index (κ2) is 6.25. The molecule has 7 heteroatoms. The third-order valence-corrected chi connectivity index (χ3v) is 4.70. The summed E-state index contributed by atoms with van der Waals surface area (Å²) in [4.78, 5) is 27.5. The fourth-order valence-corrected chi connectivity index (χ4v) is 3.21. The van der Waals surface area contributed by atoms with Crippen molar-refractivity contribution >= 4 is 38.6 Å². The monoisotopic (exact) mass is 401 g/mol. The highest BCUT2D eigenvalue weighted by Gasteiger charge is 2.20. The number of fused-ring (bicyclic) bond motifs is 2. The average Bonchev–Trinajstić information content (AvgIpc) is 3.23. The van der Waals surface area contributed by atoms with E-state index in [1.807, 2.05) is 24.3 Å². The van der Waals surface area contributed by atoms with E-state index in [4.69, 9.17) is 14.2 Å². The smallest absolute Gasteiger partial charge is 0.356 e. The minimum atomic E-state index is -0.600. The van der Waals surface area contributed by atoms with Crippen LogP contribution in [-0.2, 0) is 4.74 Å². The Hall–Kier alpha value is -2.80. The first-order valence-corrected chi connectivity index (χ1v) is 8.29. The van der Waals surface area contributed by atoms with Crippen LogP contribution in [0.25, 0.3) is 10.9 Å². The van der Waals surface area contributed by atoms with E-state index in [9.17, 15) is 9.59 Å². The largest absolute Gasteiger partial charge is 0.454 e. The van der Waals surface area contributed by atoms with Gasteiger partial charge in [-0.05, 0) is 40.2 Å². The van der Waals surface area contributed by atoms with Crippen molar-refractivity contribution in [3.05, 3.63) is 58.2 Å². The van der Waals surface area contributed by atoms with E-state index in [1.165, 1.54) is 0 Å². The molecule has 0 saturated heterocycles. The summed E-state index contributed by atoms with van der Waals surface area (Å²) < 4.78 is 16.2. The Morgan fingerprint density at radius 2 is 1.92 bits per heavy atom. The number of ether oxygens (including phenoxy) is 3. The van der Waals surface area contributed by atoms with Gasteiger partial charge in [-0.2, -0.15) is 0 Å². The molecule has 0 aliphatic carbocycles. The summed E-state index contributed by atoms with van der Waals surface area (Å²) in [6.45, 7) is -0.226. The molecule has 1 aliphatic heterocycles. The molecular weight excluding hydrogens is 390 g/mol. The molecule has 2 aromatic carbocycles. The van der Waals surface area contributed by atoms with E-state index in [1.54, 1.807) is 18.2 Å². The molecule has 0 fully saturated rings. The Balaban J connectivity index is 1.47. The number of H-pyrrole nitrogens is 1. The molecule has 0 amide bonds. The van der Waals surface area contributed by atoms with Crippen molar-refractivity contribution in [1.82, 2.24) is 4.98 Å². The van der Waals surface area contributed by atoms with E-state index < -0.39 is 5.97 Å². The van der Waals surface area contributed by atoms with Gasteiger partial charge in [0.1, 0.15) is 5.69 Å². The topological polar surface area (TPSA) is 77.6 Å². The van der Waals surface area contributed by atoms with Crippen LogP contribution in [0.3, 0.4) is 0 Å². The Labute approximate surface area is 150 Å². The number of benzene rings is 2. The molecule has 1 N–H and O–H groups in total. The van der Waals surface area contributed by atoms with Gasteiger partial charge in [-0.25, -0.2) is 4.79 Å². The van der Waals surface area contributed by atoms with Crippen molar-refractivity contribution in [2.75, 3.05) is 13.4 Å². The molecule has 0 radical (unpaired) electrons. The maximum absolute atomic E-state index is 12.3. The lowest BCUT2D eigenvalue weighted by Gasteiger charge is -2.04. The fraction of sp³-hybridized carbons (Fsp3) is 0.111. The normalized spacial score (nSPS) is 12.4. The number of Topliss-reactive ketones (excluding diaryl/α,β-unsaturated/α-hetero) is 1. The summed E-state index contributed by atoms with van der Waals surface area (Å²) in [5, 5.41) is 0.872. The molecule has 0 bridgehead atoms. The number of para-hydroxylation sites is 1. The number of carbonyl (C=O) groups is 2. The molecule has 0 saturated carbocycles. The van der Waals surface area contributed by atoms with Crippen molar-refractivity contribution in [1.29, 1.82) is 0 Å². The van der Waals surface area contributed by atoms with Gasteiger partial charge >= 0.3 is 5.97 Å². The molecule has 3 aromatic rings. The summed E-state index contributed by atoms with van der Waals surface area (Å²) >= 11 is 3.39. The average molecular weight is 402 g/mol. The van der Waals surface area contributed by atoms with Gasteiger partial charge in [-0.1, -0.05) is 18.2 Å². The first kappa shape index (κ1) is 15.7. The zero-order valence-corrected chi connectivity index (χ0v) is 14.5. The number of rotatable bonds is 4. The van der Waals surface area contributed by atoms with E-state index in [-0.39, 0.29) is 24.9 Å². The van der Waals surface area contributed by atoms with Crippen LogP contribution < -0.4 is 9.47 Å². The summed E-state index contributed by atoms with van der Waals surface area (Å²) in [5.74, 6) is 0.183. The quantitative estimate of drug-likeness (QED) is 0.532. The van der Waals surface area contributed by atoms with E-state index >= 15 is 0 Å². The predicted molar refractivity (Wildman–Crippen MR) is 93.2 cm³/mol. The SMILES string of the molecule is O=C(COC(=O)c1[nH]c2ccccc2c1Br)c1ccc2c(c1)OCO2. The van der Waals surface area contributed by atoms with Gasteiger partial charge in [0.25, 0.3) is 0 Å². The third-order valence-electron chi connectivity index (χ3n) is 3.88. The molecular formula is C18H12BrNO5. The highest BCUT2D eigenvalue weighted by Crippen LogP contribution is 2.32. The molecule has 1 aliphatic rings. The van der Waals surface area contributed by atoms with Crippen LogP contribution in [0.4, 0.5) is 0 Å². The molecule has 4 rings (SSSR count). The van der Waals surface area contributed by atoms with Crippen molar-refractivity contribution in [3.63, 3.8) is 0 Å². The number of nitrogens with one attached hydrogen (secondary N) is 1. The molecule has 6 nitrogen and oxygen atoms in total. The number of halogens is 1. The molecule has 126 valence electrons. The standard InChI is InChI=1S/C18H12BrNO5/c19-16-11-3-1-2-4-12(11)20-17(16)18(22)23-8-13(21)10-5-6-14-15(7-10)25-9-24-14/h1-7,20H,8-9H2. The number of ketones is 1. The van der Waals surface area contributed by atoms with Gasteiger partial charge in [0, 0.05) is 16.5 Å². The maximum Gasteiger partial charge on any atom is 0.356 e. The minimum absolute atomic E-state index is 0.135. The van der Waals surface area contributed by atoms with Crippen molar-refractivity contribution in [2.45, 2.75) is 0 Å². The van der Waals surface area contributed by atoms with E-state index in [0.717, 1.165) is 10.9 Å².